The maximum atomic E-state index is 11.7. The summed E-state index contributed by atoms with van der Waals surface area (Å²) in [6.45, 7) is 10.5. The molecule has 3 rings (SSSR count). The number of hydrogen-bond acceptors (Lipinski definition) is 3. The van der Waals surface area contributed by atoms with Crippen molar-refractivity contribution in [2.45, 2.75) is 58.1 Å². The van der Waals surface area contributed by atoms with E-state index in [1.54, 1.807) is 4.90 Å². The lowest BCUT2D eigenvalue weighted by Crippen LogP contribution is -2.42. The minimum absolute atomic E-state index is 0.160. The second kappa shape index (κ2) is 6.85. The molecule has 2 heterocycles. The van der Waals surface area contributed by atoms with E-state index in [4.69, 9.17) is 0 Å². The Bertz CT molecular complexity index is 606. The molecular formula is C20H30N2O2. The standard InChI is InChI=1S/C20H30N2O2/c1-20(2,3)17-7-6-15-8-10-21(12-16(15)11-17)13-18(23)14-22-9-4-5-19(22)24/h6-7,11,18,23H,4-5,8-10,12-14H2,1-3H3. The van der Waals surface area contributed by atoms with E-state index in [0.717, 1.165) is 32.5 Å². The first-order chi connectivity index (χ1) is 11.3. The largest absolute Gasteiger partial charge is 0.390 e. The maximum Gasteiger partial charge on any atom is 0.222 e. The van der Waals surface area contributed by atoms with Gasteiger partial charge in [0.2, 0.25) is 5.91 Å². The molecule has 4 heteroatoms. The predicted molar refractivity (Wildman–Crippen MR) is 95.9 cm³/mol. The minimum Gasteiger partial charge on any atom is -0.390 e. The average Bonchev–Trinajstić information content (AvgIpc) is 2.90. The molecule has 1 aromatic carbocycles. The number of aliphatic hydroxyl groups is 1. The van der Waals surface area contributed by atoms with Crippen LogP contribution in [0, 0.1) is 0 Å². The second-order valence-electron chi connectivity index (χ2n) is 8.32. The van der Waals surface area contributed by atoms with E-state index in [2.05, 4.69) is 43.9 Å². The van der Waals surface area contributed by atoms with E-state index in [1.807, 2.05) is 0 Å². The first kappa shape index (κ1) is 17.4. The van der Waals surface area contributed by atoms with Gasteiger partial charge in [-0.05, 0) is 34.9 Å². The number of amides is 1. The third-order valence-corrected chi connectivity index (χ3v) is 5.24. The van der Waals surface area contributed by atoms with Crippen LogP contribution in [0.1, 0.15) is 50.3 Å². The van der Waals surface area contributed by atoms with Crippen LogP contribution in [0.25, 0.3) is 0 Å². The molecule has 1 aromatic rings. The highest BCUT2D eigenvalue weighted by molar-refractivity contribution is 5.78. The van der Waals surface area contributed by atoms with Crippen molar-refractivity contribution in [2.75, 3.05) is 26.2 Å². The molecule has 1 N–H and O–H groups in total. The summed E-state index contributed by atoms with van der Waals surface area (Å²) < 4.78 is 0. The van der Waals surface area contributed by atoms with Gasteiger partial charge in [0.05, 0.1) is 6.10 Å². The van der Waals surface area contributed by atoms with Gasteiger partial charge in [0, 0.05) is 39.1 Å². The summed E-state index contributed by atoms with van der Waals surface area (Å²) in [6, 6.07) is 6.85. The van der Waals surface area contributed by atoms with Crippen molar-refractivity contribution in [3.05, 3.63) is 34.9 Å². The first-order valence-corrected chi connectivity index (χ1v) is 9.13. The molecule has 1 atom stereocenters. The van der Waals surface area contributed by atoms with Crippen LogP contribution < -0.4 is 0 Å². The van der Waals surface area contributed by atoms with Crippen LogP contribution in [0.2, 0.25) is 0 Å². The van der Waals surface area contributed by atoms with E-state index in [9.17, 15) is 9.90 Å². The topological polar surface area (TPSA) is 43.8 Å². The number of nitrogens with zero attached hydrogens (tertiary/aromatic N) is 2. The van der Waals surface area contributed by atoms with Gasteiger partial charge in [0.25, 0.3) is 0 Å². The molecule has 0 bridgehead atoms. The quantitative estimate of drug-likeness (QED) is 0.921. The number of benzene rings is 1. The summed E-state index contributed by atoms with van der Waals surface area (Å²) in [7, 11) is 0. The Morgan fingerprint density at radius 3 is 2.58 bits per heavy atom. The van der Waals surface area contributed by atoms with Crippen molar-refractivity contribution in [1.29, 1.82) is 0 Å². The van der Waals surface area contributed by atoms with Crippen LogP contribution >= 0.6 is 0 Å². The van der Waals surface area contributed by atoms with Gasteiger partial charge < -0.3 is 10.0 Å². The first-order valence-electron chi connectivity index (χ1n) is 9.13. The Balaban J connectivity index is 1.60. The van der Waals surface area contributed by atoms with Crippen molar-refractivity contribution in [3.8, 4) is 0 Å². The van der Waals surface area contributed by atoms with E-state index < -0.39 is 6.10 Å². The van der Waals surface area contributed by atoms with E-state index in [-0.39, 0.29) is 11.3 Å². The number of β-amino-alcohol motifs (C(OH)–C–C–N with tert-alkyl or cyclic N) is 1. The SMILES string of the molecule is CC(C)(C)c1ccc2c(c1)CN(CC(O)CN1CCCC1=O)CC2. The third kappa shape index (κ3) is 3.98. The lowest BCUT2D eigenvalue weighted by atomic mass is 9.84. The minimum atomic E-state index is -0.459. The summed E-state index contributed by atoms with van der Waals surface area (Å²) in [6.07, 6.45) is 2.15. The highest BCUT2D eigenvalue weighted by atomic mass is 16.3. The highest BCUT2D eigenvalue weighted by Gasteiger charge is 2.25. The Hall–Kier alpha value is -1.39. The molecule has 0 saturated carbocycles. The van der Waals surface area contributed by atoms with Crippen LogP contribution in [0.3, 0.4) is 0 Å². The van der Waals surface area contributed by atoms with Crippen molar-refractivity contribution < 1.29 is 9.90 Å². The fraction of sp³-hybridized carbons (Fsp3) is 0.650. The molecule has 2 aliphatic heterocycles. The van der Waals surface area contributed by atoms with Crippen molar-refractivity contribution >= 4 is 5.91 Å². The Morgan fingerprint density at radius 2 is 1.92 bits per heavy atom. The monoisotopic (exact) mass is 330 g/mol. The molecule has 0 aliphatic carbocycles. The summed E-state index contributed by atoms with van der Waals surface area (Å²) >= 11 is 0. The number of aliphatic hydroxyl groups excluding tert-OH is 1. The maximum absolute atomic E-state index is 11.7. The summed E-state index contributed by atoms with van der Waals surface area (Å²) in [5, 5.41) is 10.4. The molecule has 132 valence electrons. The molecule has 0 radical (unpaired) electrons. The van der Waals surface area contributed by atoms with E-state index in [1.165, 1.54) is 16.7 Å². The van der Waals surface area contributed by atoms with Crippen molar-refractivity contribution in [1.82, 2.24) is 9.80 Å². The summed E-state index contributed by atoms with van der Waals surface area (Å²) in [5.74, 6) is 0.188. The van der Waals surface area contributed by atoms with Gasteiger partial charge in [-0.15, -0.1) is 0 Å². The van der Waals surface area contributed by atoms with Gasteiger partial charge >= 0.3 is 0 Å². The fourth-order valence-electron chi connectivity index (χ4n) is 3.75. The third-order valence-electron chi connectivity index (χ3n) is 5.24. The molecule has 1 fully saturated rings. The predicted octanol–water partition coefficient (Wildman–Crippen LogP) is 2.33. The lowest BCUT2D eigenvalue weighted by Gasteiger charge is -2.32. The smallest absolute Gasteiger partial charge is 0.222 e. The fourth-order valence-corrected chi connectivity index (χ4v) is 3.75. The van der Waals surface area contributed by atoms with Crippen LogP contribution in [0.15, 0.2) is 18.2 Å². The molecule has 0 aromatic heterocycles. The van der Waals surface area contributed by atoms with Gasteiger partial charge in [-0.2, -0.15) is 0 Å². The molecule has 1 saturated heterocycles. The van der Waals surface area contributed by atoms with Gasteiger partial charge in [-0.25, -0.2) is 0 Å². The number of carbonyl (C=O) groups is 1. The molecule has 2 aliphatic rings. The van der Waals surface area contributed by atoms with E-state index >= 15 is 0 Å². The number of carbonyl (C=O) groups excluding carboxylic acids is 1. The lowest BCUT2D eigenvalue weighted by molar-refractivity contribution is -0.129. The Kier molecular flexibility index (Phi) is 4.97. The zero-order valence-electron chi connectivity index (χ0n) is 15.2. The zero-order valence-corrected chi connectivity index (χ0v) is 15.2. The highest BCUT2D eigenvalue weighted by Crippen LogP contribution is 2.27. The van der Waals surface area contributed by atoms with Gasteiger partial charge in [-0.3, -0.25) is 9.69 Å². The number of likely N-dealkylation sites (tertiary alicyclic amines) is 1. The van der Waals surface area contributed by atoms with Gasteiger partial charge in [-0.1, -0.05) is 39.0 Å². The molecule has 0 spiro atoms. The van der Waals surface area contributed by atoms with Crippen molar-refractivity contribution in [2.24, 2.45) is 0 Å². The molecule has 4 nitrogen and oxygen atoms in total. The van der Waals surface area contributed by atoms with E-state index in [0.29, 0.717) is 19.5 Å². The van der Waals surface area contributed by atoms with Crippen LogP contribution in [-0.4, -0.2) is 53.1 Å². The summed E-state index contributed by atoms with van der Waals surface area (Å²) in [5.41, 5.74) is 4.35. The number of rotatable bonds is 4. The van der Waals surface area contributed by atoms with Crippen LogP contribution in [-0.2, 0) is 23.2 Å². The van der Waals surface area contributed by atoms with Crippen molar-refractivity contribution in [3.63, 3.8) is 0 Å². The molecular weight excluding hydrogens is 300 g/mol. The molecule has 24 heavy (non-hydrogen) atoms. The van der Waals surface area contributed by atoms with Crippen LogP contribution in [0.4, 0.5) is 0 Å². The number of hydrogen-bond donors (Lipinski definition) is 1. The second-order valence-corrected chi connectivity index (χ2v) is 8.32. The number of fused-ring (bicyclic) bond motifs is 1. The van der Waals surface area contributed by atoms with Gasteiger partial charge in [0.15, 0.2) is 0 Å². The normalized spacial score (nSPS) is 20.3. The average molecular weight is 330 g/mol. The Labute approximate surface area is 145 Å². The zero-order chi connectivity index (χ0) is 17.3. The Morgan fingerprint density at radius 1 is 1.12 bits per heavy atom. The van der Waals surface area contributed by atoms with Gasteiger partial charge in [0.1, 0.15) is 0 Å². The van der Waals surface area contributed by atoms with Crippen LogP contribution in [0.5, 0.6) is 0 Å². The summed E-state index contributed by atoms with van der Waals surface area (Å²) in [4.78, 5) is 15.8. The molecule has 1 unspecified atom stereocenters. The molecule has 1 amide bonds.